The van der Waals surface area contributed by atoms with Gasteiger partial charge in [0.25, 0.3) is 5.22 Å². The van der Waals surface area contributed by atoms with E-state index in [0.29, 0.717) is 23.5 Å². The molecule has 0 bridgehead atoms. The van der Waals surface area contributed by atoms with Crippen molar-refractivity contribution >= 4 is 51.0 Å². The molecule has 0 aliphatic heterocycles. The van der Waals surface area contributed by atoms with Crippen molar-refractivity contribution < 1.29 is 13.9 Å². The first-order valence-electron chi connectivity index (χ1n) is 6.84. The van der Waals surface area contributed by atoms with Gasteiger partial charge in [0.05, 0.1) is 22.6 Å². The Bertz CT molecular complexity index is 770. The average Bonchev–Trinajstić information content (AvgIpc) is 3.17. The number of ether oxygens (including phenoxy) is 1. The first kappa shape index (κ1) is 16.3. The van der Waals surface area contributed by atoms with E-state index in [4.69, 9.17) is 9.15 Å². The quantitative estimate of drug-likeness (QED) is 0.463. The summed E-state index contributed by atoms with van der Waals surface area (Å²) in [5.74, 6) is 0.939. The SMILES string of the molecule is CCOC(=O)CSc1nnc(CSc2nc3ccccc3s2)o1. The summed E-state index contributed by atoms with van der Waals surface area (Å²) in [6.07, 6.45) is 0. The van der Waals surface area contributed by atoms with Crippen molar-refractivity contribution in [1.82, 2.24) is 15.2 Å². The van der Waals surface area contributed by atoms with Crippen LogP contribution in [0.15, 0.2) is 38.2 Å². The molecule has 3 aromatic rings. The Kier molecular flexibility index (Phi) is 5.52. The van der Waals surface area contributed by atoms with Crippen molar-refractivity contribution in [2.45, 2.75) is 22.2 Å². The van der Waals surface area contributed by atoms with E-state index >= 15 is 0 Å². The molecule has 23 heavy (non-hydrogen) atoms. The number of benzene rings is 1. The van der Waals surface area contributed by atoms with E-state index in [-0.39, 0.29) is 11.7 Å². The van der Waals surface area contributed by atoms with Crippen LogP contribution in [0.1, 0.15) is 12.8 Å². The number of esters is 1. The molecule has 0 saturated heterocycles. The van der Waals surface area contributed by atoms with Crippen LogP contribution in [0.4, 0.5) is 0 Å². The smallest absolute Gasteiger partial charge is 0.316 e. The number of fused-ring (bicyclic) bond motifs is 1. The highest BCUT2D eigenvalue weighted by molar-refractivity contribution is 8.00. The molecular weight excluding hydrogens is 354 g/mol. The van der Waals surface area contributed by atoms with Crippen LogP contribution in [0.3, 0.4) is 0 Å². The van der Waals surface area contributed by atoms with Crippen LogP contribution < -0.4 is 0 Å². The molecule has 120 valence electrons. The molecule has 0 spiro atoms. The van der Waals surface area contributed by atoms with Crippen LogP contribution in [0.5, 0.6) is 0 Å². The molecule has 6 nitrogen and oxygen atoms in total. The molecule has 9 heteroatoms. The van der Waals surface area contributed by atoms with Gasteiger partial charge in [-0.3, -0.25) is 4.79 Å². The molecular formula is C14H13N3O3S3. The Morgan fingerprint density at radius 3 is 3.00 bits per heavy atom. The van der Waals surface area contributed by atoms with Crippen LogP contribution in [-0.4, -0.2) is 33.5 Å². The van der Waals surface area contributed by atoms with Crippen molar-refractivity contribution in [2.24, 2.45) is 0 Å². The monoisotopic (exact) mass is 367 g/mol. The number of nitrogens with zero attached hydrogens (tertiary/aromatic N) is 3. The Morgan fingerprint density at radius 2 is 2.17 bits per heavy atom. The molecule has 0 saturated carbocycles. The Balaban J connectivity index is 1.53. The van der Waals surface area contributed by atoms with E-state index in [2.05, 4.69) is 15.2 Å². The van der Waals surface area contributed by atoms with Crippen LogP contribution in [0, 0.1) is 0 Å². The third kappa shape index (κ3) is 4.46. The lowest BCUT2D eigenvalue weighted by Gasteiger charge is -1.97. The first-order chi connectivity index (χ1) is 11.2. The minimum Gasteiger partial charge on any atom is -0.465 e. The summed E-state index contributed by atoms with van der Waals surface area (Å²) in [5.41, 5.74) is 0.996. The maximum absolute atomic E-state index is 11.3. The fourth-order valence-corrected chi connectivity index (χ4v) is 4.20. The van der Waals surface area contributed by atoms with E-state index in [1.54, 1.807) is 30.0 Å². The number of aromatic nitrogens is 3. The highest BCUT2D eigenvalue weighted by Gasteiger charge is 2.11. The summed E-state index contributed by atoms with van der Waals surface area (Å²) in [7, 11) is 0. The summed E-state index contributed by atoms with van der Waals surface area (Å²) < 4.78 is 12.5. The van der Waals surface area contributed by atoms with Crippen LogP contribution in [-0.2, 0) is 15.3 Å². The molecule has 0 aliphatic carbocycles. The number of hydrogen-bond acceptors (Lipinski definition) is 9. The topological polar surface area (TPSA) is 78.1 Å². The average molecular weight is 367 g/mol. The molecule has 3 rings (SSSR count). The highest BCUT2D eigenvalue weighted by atomic mass is 32.2. The van der Waals surface area contributed by atoms with Gasteiger partial charge in [-0.15, -0.1) is 21.5 Å². The van der Waals surface area contributed by atoms with E-state index < -0.39 is 0 Å². The van der Waals surface area contributed by atoms with Crippen molar-refractivity contribution in [1.29, 1.82) is 0 Å². The summed E-state index contributed by atoms with van der Waals surface area (Å²) >= 11 is 4.37. The maximum Gasteiger partial charge on any atom is 0.316 e. The van der Waals surface area contributed by atoms with Gasteiger partial charge in [-0.05, 0) is 19.1 Å². The lowest BCUT2D eigenvalue weighted by molar-refractivity contribution is -0.139. The van der Waals surface area contributed by atoms with Gasteiger partial charge < -0.3 is 9.15 Å². The van der Waals surface area contributed by atoms with Crippen molar-refractivity contribution in [3.05, 3.63) is 30.2 Å². The number of carbonyl (C=O) groups excluding carboxylic acids is 1. The van der Waals surface area contributed by atoms with Gasteiger partial charge in [-0.1, -0.05) is 35.7 Å². The van der Waals surface area contributed by atoms with Crippen LogP contribution >= 0.6 is 34.9 Å². The van der Waals surface area contributed by atoms with E-state index in [1.807, 2.05) is 24.3 Å². The molecule has 2 aromatic heterocycles. The summed E-state index contributed by atoms with van der Waals surface area (Å²) in [5, 5.41) is 8.26. The van der Waals surface area contributed by atoms with Gasteiger partial charge in [-0.25, -0.2) is 4.98 Å². The maximum atomic E-state index is 11.3. The Hall–Kier alpha value is -1.58. The number of thiazole rings is 1. The van der Waals surface area contributed by atoms with E-state index in [1.165, 1.54) is 11.8 Å². The Labute approximate surface area is 145 Å². The fourth-order valence-electron chi connectivity index (χ4n) is 1.71. The number of carbonyl (C=O) groups is 1. The Morgan fingerprint density at radius 1 is 1.30 bits per heavy atom. The third-order valence-electron chi connectivity index (χ3n) is 2.66. The minimum atomic E-state index is -0.291. The molecule has 0 unspecified atom stereocenters. The molecule has 0 N–H and O–H groups in total. The predicted molar refractivity (Wildman–Crippen MR) is 90.8 cm³/mol. The zero-order valence-corrected chi connectivity index (χ0v) is 14.7. The summed E-state index contributed by atoms with van der Waals surface area (Å²) in [4.78, 5) is 15.8. The van der Waals surface area contributed by atoms with Crippen molar-refractivity contribution in [3.63, 3.8) is 0 Å². The number of rotatable bonds is 7. The second kappa shape index (κ2) is 7.80. The standard InChI is InChI=1S/C14H13N3O3S3/c1-2-19-12(18)8-21-13-17-16-11(20-13)7-22-14-15-9-5-3-4-6-10(9)23-14/h3-6H,2,7-8H2,1H3. The third-order valence-corrected chi connectivity index (χ3v) is 5.62. The number of hydrogen-bond donors (Lipinski definition) is 0. The van der Waals surface area contributed by atoms with Crippen LogP contribution in [0.25, 0.3) is 10.2 Å². The van der Waals surface area contributed by atoms with Crippen molar-refractivity contribution in [2.75, 3.05) is 12.4 Å². The largest absolute Gasteiger partial charge is 0.465 e. The summed E-state index contributed by atoms with van der Waals surface area (Å²) in [6.45, 7) is 2.14. The zero-order valence-electron chi connectivity index (χ0n) is 12.2. The van der Waals surface area contributed by atoms with E-state index in [0.717, 1.165) is 14.6 Å². The first-order valence-corrected chi connectivity index (χ1v) is 9.62. The van der Waals surface area contributed by atoms with Crippen LogP contribution in [0.2, 0.25) is 0 Å². The van der Waals surface area contributed by atoms with Gasteiger partial charge in [0.2, 0.25) is 5.89 Å². The number of para-hydroxylation sites is 1. The zero-order chi connectivity index (χ0) is 16.1. The number of thioether (sulfide) groups is 2. The minimum absolute atomic E-state index is 0.167. The molecule has 0 aliphatic rings. The van der Waals surface area contributed by atoms with Gasteiger partial charge in [0.1, 0.15) is 5.75 Å². The molecule has 0 amide bonds. The van der Waals surface area contributed by atoms with Gasteiger partial charge in [0.15, 0.2) is 4.34 Å². The van der Waals surface area contributed by atoms with Gasteiger partial charge in [-0.2, -0.15) is 0 Å². The lowest BCUT2D eigenvalue weighted by Crippen LogP contribution is -2.06. The molecule has 0 fully saturated rings. The molecule has 0 radical (unpaired) electrons. The van der Waals surface area contributed by atoms with Gasteiger partial charge >= 0.3 is 5.97 Å². The summed E-state index contributed by atoms with van der Waals surface area (Å²) in [6, 6.07) is 8.02. The second-order valence-electron chi connectivity index (χ2n) is 4.29. The molecule has 1 aromatic carbocycles. The van der Waals surface area contributed by atoms with Crippen molar-refractivity contribution in [3.8, 4) is 0 Å². The lowest BCUT2D eigenvalue weighted by atomic mass is 10.3. The second-order valence-corrected chi connectivity index (χ2v) is 7.47. The molecule has 0 atom stereocenters. The predicted octanol–water partition coefficient (Wildman–Crippen LogP) is 3.63. The van der Waals surface area contributed by atoms with E-state index in [9.17, 15) is 4.79 Å². The highest BCUT2D eigenvalue weighted by Crippen LogP contribution is 2.31. The van der Waals surface area contributed by atoms with Gasteiger partial charge in [0, 0.05) is 0 Å². The normalized spacial score (nSPS) is 11.0. The molecule has 2 heterocycles. The fraction of sp³-hybridized carbons (Fsp3) is 0.286.